The number of benzene rings is 1. The summed E-state index contributed by atoms with van der Waals surface area (Å²) in [7, 11) is 1.58. The normalized spacial score (nSPS) is 10.2. The Hall–Kier alpha value is -2.50. The van der Waals surface area contributed by atoms with Gasteiger partial charge >= 0.3 is 5.97 Å². The van der Waals surface area contributed by atoms with Crippen molar-refractivity contribution < 1.29 is 14.6 Å². The number of carbonyl (C=O) groups excluding carboxylic acids is 1. The summed E-state index contributed by atoms with van der Waals surface area (Å²) in [5, 5.41) is 13.3. The van der Waals surface area contributed by atoms with E-state index in [-0.39, 0.29) is 22.9 Å². The van der Waals surface area contributed by atoms with Gasteiger partial charge in [0.1, 0.15) is 0 Å². The van der Waals surface area contributed by atoms with Gasteiger partial charge in [0, 0.05) is 7.05 Å². The number of nitrogens with two attached hydrogens (primary N) is 1. The summed E-state index contributed by atoms with van der Waals surface area (Å²) >= 11 is 0. The fourth-order valence-electron chi connectivity index (χ4n) is 1.40. The number of phenolic OH excluding ortho intramolecular Hbond substituents is 1. The molecule has 0 saturated heterocycles. The number of hydrogen-bond donors (Lipinski definition) is 2. The molecule has 0 bridgehead atoms. The molecule has 6 heteroatoms. The van der Waals surface area contributed by atoms with Crippen LogP contribution in [0, 0.1) is 0 Å². The molecule has 6 nitrogen and oxygen atoms in total. The van der Waals surface area contributed by atoms with Crippen molar-refractivity contribution in [3.8, 4) is 11.5 Å². The topological polar surface area (TPSA) is 90.4 Å². The monoisotopic (exact) mass is 233 g/mol. The predicted molar refractivity (Wildman–Crippen MR) is 60.7 cm³/mol. The molecule has 0 unspecified atom stereocenters. The minimum absolute atomic E-state index is 0.0816. The number of aromatic nitrogens is 2. The Labute approximate surface area is 97.2 Å². The number of anilines is 1. The van der Waals surface area contributed by atoms with E-state index in [1.54, 1.807) is 19.2 Å². The second kappa shape index (κ2) is 4.17. The van der Waals surface area contributed by atoms with Crippen LogP contribution in [0.3, 0.4) is 0 Å². The molecule has 0 saturated carbocycles. The highest BCUT2D eigenvalue weighted by atomic mass is 16.5. The third-order valence-corrected chi connectivity index (χ3v) is 2.23. The molecule has 0 aliphatic rings. The Bertz CT molecular complexity index is 543. The van der Waals surface area contributed by atoms with Crippen molar-refractivity contribution >= 4 is 11.7 Å². The number of carbonyl (C=O) groups is 1. The Morgan fingerprint density at radius 3 is 2.76 bits per heavy atom. The standard InChI is InChI=1S/C11H11N3O3/c1-14-10(7(12)6-13-14)11(16)17-9-5-3-2-4-8(9)15/h2-6,15H,12H2,1H3. The average molecular weight is 233 g/mol. The molecular formula is C11H11N3O3. The van der Waals surface area contributed by atoms with Crippen LogP contribution in [0.4, 0.5) is 5.69 Å². The van der Waals surface area contributed by atoms with Crippen LogP contribution in [-0.2, 0) is 7.05 Å². The molecule has 0 amide bonds. The van der Waals surface area contributed by atoms with Crippen molar-refractivity contribution in [3.05, 3.63) is 36.2 Å². The summed E-state index contributed by atoms with van der Waals surface area (Å²) in [6.07, 6.45) is 1.36. The molecular weight excluding hydrogens is 222 g/mol. The molecule has 0 fully saturated rings. The van der Waals surface area contributed by atoms with Gasteiger partial charge in [-0.2, -0.15) is 5.10 Å². The lowest BCUT2D eigenvalue weighted by molar-refractivity contribution is 0.0719. The van der Waals surface area contributed by atoms with Crippen LogP contribution in [0.2, 0.25) is 0 Å². The van der Waals surface area contributed by atoms with Gasteiger partial charge in [0.05, 0.1) is 11.9 Å². The lowest BCUT2D eigenvalue weighted by Gasteiger charge is -2.06. The number of nitrogens with zero attached hydrogens (tertiary/aromatic N) is 2. The Kier molecular flexibility index (Phi) is 2.70. The number of ether oxygens (including phenoxy) is 1. The first kappa shape index (κ1) is 11.0. The molecule has 0 atom stereocenters. The van der Waals surface area contributed by atoms with Crippen molar-refractivity contribution in [2.45, 2.75) is 0 Å². The van der Waals surface area contributed by atoms with E-state index < -0.39 is 5.97 Å². The molecule has 0 aliphatic carbocycles. The molecule has 1 aromatic heterocycles. The van der Waals surface area contributed by atoms with E-state index in [1.807, 2.05) is 0 Å². The van der Waals surface area contributed by atoms with Crippen LogP contribution in [0.25, 0.3) is 0 Å². The molecule has 0 radical (unpaired) electrons. The highest BCUT2D eigenvalue weighted by Crippen LogP contribution is 2.25. The Balaban J connectivity index is 2.27. The van der Waals surface area contributed by atoms with Crippen molar-refractivity contribution in [2.75, 3.05) is 5.73 Å². The third-order valence-electron chi connectivity index (χ3n) is 2.23. The van der Waals surface area contributed by atoms with Crippen molar-refractivity contribution in [1.82, 2.24) is 9.78 Å². The molecule has 0 aliphatic heterocycles. The number of esters is 1. The predicted octanol–water partition coefficient (Wildman–Crippen LogP) is 0.927. The Morgan fingerprint density at radius 1 is 1.47 bits per heavy atom. The number of para-hydroxylation sites is 2. The Morgan fingerprint density at radius 2 is 2.18 bits per heavy atom. The highest BCUT2D eigenvalue weighted by Gasteiger charge is 2.18. The third kappa shape index (κ3) is 2.05. The number of aryl methyl sites for hydroxylation is 1. The maximum atomic E-state index is 11.8. The van der Waals surface area contributed by atoms with E-state index in [4.69, 9.17) is 10.5 Å². The van der Waals surface area contributed by atoms with Gasteiger partial charge < -0.3 is 15.6 Å². The van der Waals surface area contributed by atoms with Crippen molar-refractivity contribution in [3.63, 3.8) is 0 Å². The van der Waals surface area contributed by atoms with Crippen LogP contribution in [0.5, 0.6) is 11.5 Å². The quantitative estimate of drug-likeness (QED) is 0.594. The fraction of sp³-hybridized carbons (Fsp3) is 0.0909. The van der Waals surface area contributed by atoms with Gasteiger partial charge in [-0.25, -0.2) is 4.79 Å². The zero-order valence-corrected chi connectivity index (χ0v) is 9.12. The summed E-state index contributed by atoms with van der Waals surface area (Å²) in [4.78, 5) is 11.8. The average Bonchev–Trinajstić information content (AvgIpc) is 2.62. The second-order valence-electron chi connectivity index (χ2n) is 3.43. The first-order chi connectivity index (χ1) is 8.09. The summed E-state index contributed by atoms with van der Waals surface area (Å²) in [6.45, 7) is 0. The van der Waals surface area contributed by atoms with Crippen LogP contribution in [0.1, 0.15) is 10.5 Å². The number of phenols is 1. The number of rotatable bonds is 2. The van der Waals surface area contributed by atoms with Gasteiger partial charge in [-0.1, -0.05) is 12.1 Å². The van der Waals surface area contributed by atoms with Crippen LogP contribution in [0.15, 0.2) is 30.5 Å². The van der Waals surface area contributed by atoms with E-state index in [2.05, 4.69) is 5.10 Å². The minimum Gasteiger partial charge on any atom is -0.504 e. The van der Waals surface area contributed by atoms with E-state index in [0.29, 0.717) is 0 Å². The minimum atomic E-state index is -0.663. The summed E-state index contributed by atoms with van der Waals surface area (Å²) in [5.41, 5.74) is 5.96. The van der Waals surface area contributed by atoms with E-state index in [1.165, 1.54) is 23.0 Å². The van der Waals surface area contributed by atoms with E-state index >= 15 is 0 Å². The zero-order chi connectivity index (χ0) is 12.4. The molecule has 2 rings (SSSR count). The second-order valence-corrected chi connectivity index (χ2v) is 3.43. The number of hydrogen-bond acceptors (Lipinski definition) is 5. The molecule has 88 valence electrons. The molecule has 0 spiro atoms. The lowest BCUT2D eigenvalue weighted by atomic mass is 10.3. The lowest BCUT2D eigenvalue weighted by Crippen LogP contribution is -2.15. The van der Waals surface area contributed by atoms with Gasteiger partial charge in [-0.05, 0) is 12.1 Å². The van der Waals surface area contributed by atoms with Gasteiger partial charge in [-0.15, -0.1) is 0 Å². The smallest absolute Gasteiger partial charge is 0.364 e. The van der Waals surface area contributed by atoms with Gasteiger partial charge in [0.2, 0.25) is 0 Å². The van der Waals surface area contributed by atoms with Crippen LogP contribution in [-0.4, -0.2) is 20.9 Å². The van der Waals surface area contributed by atoms with Gasteiger partial charge in [0.15, 0.2) is 17.2 Å². The number of aromatic hydroxyl groups is 1. The summed E-state index contributed by atoms with van der Waals surface area (Å²) < 4.78 is 6.34. The van der Waals surface area contributed by atoms with Crippen LogP contribution >= 0.6 is 0 Å². The first-order valence-electron chi connectivity index (χ1n) is 4.87. The van der Waals surface area contributed by atoms with E-state index in [0.717, 1.165) is 0 Å². The summed E-state index contributed by atoms with van der Waals surface area (Å²) in [5.74, 6) is -0.691. The SMILES string of the molecule is Cn1ncc(N)c1C(=O)Oc1ccccc1O. The zero-order valence-electron chi connectivity index (χ0n) is 9.12. The van der Waals surface area contributed by atoms with Crippen molar-refractivity contribution in [1.29, 1.82) is 0 Å². The fourth-order valence-corrected chi connectivity index (χ4v) is 1.40. The molecule has 1 aromatic carbocycles. The van der Waals surface area contributed by atoms with Crippen molar-refractivity contribution in [2.24, 2.45) is 7.05 Å². The van der Waals surface area contributed by atoms with Crippen LogP contribution < -0.4 is 10.5 Å². The molecule has 3 N–H and O–H groups in total. The van der Waals surface area contributed by atoms with Gasteiger partial charge in [-0.3, -0.25) is 4.68 Å². The summed E-state index contributed by atoms with van der Waals surface area (Å²) in [6, 6.07) is 6.19. The largest absolute Gasteiger partial charge is 0.504 e. The highest BCUT2D eigenvalue weighted by molar-refractivity contribution is 5.94. The van der Waals surface area contributed by atoms with E-state index in [9.17, 15) is 9.90 Å². The molecule has 2 aromatic rings. The number of nitrogen functional groups attached to an aromatic ring is 1. The van der Waals surface area contributed by atoms with Gasteiger partial charge in [0.25, 0.3) is 0 Å². The first-order valence-corrected chi connectivity index (χ1v) is 4.87. The maximum Gasteiger partial charge on any atom is 0.364 e. The molecule has 17 heavy (non-hydrogen) atoms. The molecule has 1 heterocycles. The maximum absolute atomic E-state index is 11.8.